The van der Waals surface area contributed by atoms with E-state index in [-0.39, 0.29) is 22.9 Å². The summed E-state index contributed by atoms with van der Waals surface area (Å²) in [4.78, 5) is 22.4. The summed E-state index contributed by atoms with van der Waals surface area (Å²) in [6.07, 6.45) is 0. The lowest BCUT2D eigenvalue weighted by Crippen LogP contribution is -2.24. The van der Waals surface area contributed by atoms with E-state index in [0.29, 0.717) is 0 Å². The highest BCUT2D eigenvalue weighted by molar-refractivity contribution is 5.88. The number of hydrogen-bond donors (Lipinski definition) is 2. The first-order chi connectivity index (χ1) is 6.45. The Kier molecular flexibility index (Phi) is 2.69. The third-order valence-corrected chi connectivity index (χ3v) is 1.94. The first-order valence-electron chi connectivity index (χ1n) is 4.27. The molecule has 0 atom stereocenters. The van der Waals surface area contributed by atoms with E-state index in [0.717, 1.165) is 0 Å². The van der Waals surface area contributed by atoms with Gasteiger partial charge in [-0.25, -0.2) is 4.79 Å². The Bertz CT molecular complexity index is 421. The quantitative estimate of drug-likeness (QED) is 0.736. The van der Waals surface area contributed by atoms with Crippen LogP contribution < -0.4 is 5.43 Å². The molecule has 2 N–H and O–H groups in total. The number of H-pyrrole nitrogens is 1. The van der Waals surface area contributed by atoms with Crippen LogP contribution >= 0.6 is 0 Å². The molecule has 0 radical (unpaired) electrons. The number of aromatic nitrogens is 2. The van der Waals surface area contributed by atoms with E-state index in [9.17, 15) is 9.59 Å². The molecule has 1 aromatic heterocycles. The molecule has 0 aliphatic rings. The Morgan fingerprint density at radius 2 is 2.07 bits per heavy atom. The Labute approximate surface area is 80.8 Å². The largest absolute Gasteiger partial charge is 0.477 e. The van der Waals surface area contributed by atoms with Gasteiger partial charge in [-0.1, -0.05) is 13.8 Å². The van der Waals surface area contributed by atoms with Crippen molar-refractivity contribution >= 4 is 5.97 Å². The summed E-state index contributed by atoms with van der Waals surface area (Å²) in [5, 5.41) is 15.2. The Balaban J connectivity index is 3.50. The van der Waals surface area contributed by atoms with Crippen LogP contribution in [0.4, 0.5) is 0 Å². The molecule has 0 aliphatic heterocycles. The zero-order chi connectivity index (χ0) is 10.9. The molecule has 0 saturated carbocycles. The lowest BCUT2D eigenvalue weighted by atomic mass is 10.1. The van der Waals surface area contributed by atoms with Gasteiger partial charge in [0.1, 0.15) is 11.3 Å². The highest BCUT2D eigenvalue weighted by atomic mass is 16.4. The first-order valence-corrected chi connectivity index (χ1v) is 4.27. The van der Waals surface area contributed by atoms with E-state index in [1.807, 2.05) is 0 Å². The van der Waals surface area contributed by atoms with Crippen LogP contribution in [0.5, 0.6) is 0 Å². The van der Waals surface area contributed by atoms with Gasteiger partial charge in [-0.2, -0.15) is 5.10 Å². The Morgan fingerprint density at radius 1 is 1.50 bits per heavy atom. The Morgan fingerprint density at radius 3 is 2.50 bits per heavy atom. The molecule has 0 saturated heterocycles. The van der Waals surface area contributed by atoms with Gasteiger partial charge in [-0.05, 0) is 6.92 Å². The molecule has 1 aromatic rings. The van der Waals surface area contributed by atoms with Gasteiger partial charge in [0.05, 0.1) is 0 Å². The van der Waals surface area contributed by atoms with Crippen LogP contribution in [0, 0.1) is 6.92 Å². The van der Waals surface area contributed by atoms with Gasteiger partial charge >= 0.3 is 5.97 Å². The standard InChI is InChI=1S/C9H12N2O3/c1-4(2)7-8(12)6(9(13)14)5(3)10-11-7/h4H,1-3H3,(H,10,12)(H,13,14). The van der Waals surface area contributed by atoms with E-state index in [1.54, 1.807) is 13.8 Å². The van der Waals surface area contributed by atoms with E-state index >= 15 is 0 Å². The van der Waals surface area contributed by atoms with Crippen molar-refractivity contribution in [3.05, 3.63) is 27.2 Å². The molecule has 76 valence electrons. The van der Waals surface area contributed by atoms with Gasteiger partial charge in [-0.3, -0.25) is 9.89 Å². The van der Waals surface area contributed by atoms with Crippen molar-refractivity contribution in [3.8, 4) is 0 Å². The van der Waals surface area contributed by atoms with Crippen LogP contribution in [0.15, 0.2) is 4.79 Å². The topological polar surface area (TPSA) is 83.0 Å². The molecule has 0 amide bonds. The molecule has 0 spiro atoms. The molecule has 0 aliphatic carbocycles. The molecule has 14 heavy (non-hydrogen) atoms. The van der Waals surface area contributed by atoms with Gasteiger partial charge in [-0.15, -0.1) is 0 Å². The Hall–Kier alpha value is -1.65. The van der Waals surface area contributed by atoms with Gasteiger partial charge in [0.15, 0.2) is 0 Å². The number of aryl methyl sites for hydroxylation is 1. The molecule has 0 bridgehead atoms. The average molecular weight is 196 g/mol. The van der Waals surface area contributed by atoms with Crippen LogP contribution in [-0.2, 0) is 0 Å². The molecule has 0 aromatic carbocycles. The second kappa shape index (κ2) is 3.61. The zero-order valence-electron chi connectivity index (χ0n) is 8.29. The van der Waals surface area contributed by atoms with Gasteiger partial charge < -0.3 is 5.11 Å². The third kappa shape index (κ3) is 1.66. The van der Waals surface area contributed by atoms with E-state index < -0.39 is 11.4 Å². The molecule has 0 fully saturated rings. The molecule has 5 heteroatoms. The number of aromatic carboxylic acids is 1. The maximum absolute atomic E-state index is 11.6. The SMILES string of the molecule is Cc1[nH]nc(C(C)C)c(=O)c1C(=O)O. The lowest BCUT2D eigenvalue weighted by Gasteiger charge is -2.05. The smallest absolute Gasteiger partial charge is 0.341 e. The highest BCUT2D eigenvalue weighted by Gasteiger charge is 2.18. The van der Waals surface area contributed by atoms with Crippen LogP contribution in [0.1, 0.15) is 41.5 Å². The van der Waals surface area contributed by atoms with E-state index in [1.165, 1.54) is 6.92 Å². The summed E-state index contributed by atoms with van der Waals surface area (Å²) in [6, 6.07) is 0. The van der Waals surface area contributed by atoms with Crippen LogP contribution in [0.3, 0.4) is 0 Å². The van der Waals surface area contributed by atoms with Crippen molar-refractivity contribution < 1.29 is 9.90 Å². The second-order valence-electron chi connectivity index (χ2n) is 3.40. The highest BCUT2D eigenvalue weighted by Crippen LogP contribution is 2.07. The predicted molar refractivity (Wildman–Crippen MR) is 50.6 cm³/mol. The van der Waals surface area contributed by atoms with Crippen LogP contribution in [0.2, 0.25) is 0 Å². The predicted octanol–water partition coefficient (Wildman–Crippen LogP) is 0.900. The first kappa shape index (κ1) is 10.4. The minimum absolute atomic E-state index is 0.0857. The summed E-state index contributed by atoms with van der Waals surface area (Å²) >= 11 is 0. The summed E-state index contributed by atoms with van der Waals surface area (Å²) in [5.41, 5.74) is -0.174. The van der Waals surface area contributed by atoms with Crippen LogP contribution in [0.25, 0.3) is 0 Å². The number of carboxylic acid groups (broad SMARTS) is 1. The van der Waals surface area contributed by atoms with Crippen molar-refractivity contribution in [2.75, 3.05) is 0 Å². The van der Waals surface area contributed by atoms with Gasteiger partial charge in [0, 0.05) is 11.6 Å². The lowest BCUT2D eigenvalue weighted by molar-refractivity contribution is 0.0693. The number of nitrogens with zero attached hydrogens (tertiary/aromatic N) is 1. The monoisotopic (exact) mass is 196 g/mol. The van der Waals surface area contributed by atoms with Crippen molar-refractivity contribution in [2.45, 2.75) is 26.7 Å². The van der Waals surface area contributed by atoms with Crippen molar-refractivity contribution in [3.63, 3.8) is 0 Å². The van der Waals surface area contributed by atoms with Crippen molar-refractivity contribution in [2.24, 2.45) is 0 Å². The normalized spacial score (nSPS) is 10.6. The van der Waals surface area contributed by atoms with Gasteiger partial charge in [0.2, 0.25) is 5.43 Å². The summed E-state index contributed by atoms with van der Waals surface area (Å²) in [6.45, 7) is 5.10. The summed E-state index contributed by atoms with van der Waals surface area (Å²) in [5.74, 6) is -1.30. The molecular formula is C9H12N2O3. The van der Waals surface area contributed by atoms with E-state index in [4.69, 9.17) is 5.11 Å². The van der Waals surface area contributed by atoms with Crippen molar-refractivity contribution in [1.82, 2.24) is 10.2 Å². The average Bonchev–Trinajstić information content (AvgIpc) is 2.02. The number of carbonyl (C=O) groups is 1. The van der Waals surface area contributed by atoms with Gasteiger partial charge in [0.25, 0.3) is 0 Å². The number of carboxylic acids is 1. The molecular weight excluding hydrogens is 184 g/mol. The third-order valence-electron chi connectivity index (χ3n) is 1.94. The summed E-state index contributed by atoms with van der Waals surface area (Å²) in [7, 11) is 0. The fourth-order valence-electron chi connectivity index (χ4n) is 1.20. The molecule has 1 rings (SSSR count). The fraction of sp³-hybridized carbons (Fsp3) is 0.444. The maximum atomic E-state index is 11.6. The molecule has 1 heterocycles. The summed E-state index contributed by atoms with van der Waals surface area (Å²) < 4.78 is 0. The number of rotatable bonds is 2. The number of aromatic amines is 1. The number of nitrogens with one attached hydrogen (secondary N) is 1. The molecule has 5 nitrogen and oxygen atoms in total. The molecule has 0 unspecified atom stereocenters. The van der Waals surface area contributed by atoms with Crippen LogP contribution in [-0.4, -0.2) is 21.3 Å². The maximum Gasteiger partial charge on any atom is 0.341 e. The minimum atomic E-state index is -1.21. The second-order valence-corrected chi connectivity index (χ2v) is 3.40. The van der Waals surface area contributed by atoms with E-state index in [2.05, 4.69) is 10.2 Å². The minimum Gasteiger partial charge on any atom is -0.477 e. The van der Waals surface area contributed by atoms with Crippen molar-refractivity contribution in [1.29, 1.82) is 0 Å². The fourth-order valence-corrected chi connectivity index (χ4v) is 1.20. The number of hydrogen-bond acceptors (Lipinski definition) is 3. The zero-order valence-corrected chi connectivity index (χ0v) is 8.29.